The zero-order valence-electron chi connectivity index (χ0n) is 27.1. The standard InChI is InChI=1S/C16H11F3N4O3S.C13H9F3N4O3S.2W/c1-4-5-22-8-16(18,19)26-12-6-9(17)10(7-11(12)22)23-13(24)20(2)15(27)21(3)14(23)25;1-18-10(21)20(11(22)19(2)12(18)24)8-4-7-9(3-6(8)14)23-13(15,16)5-17-7;;/h1,6-7H,5H2,2-3H3;3-4,17H,1-2H3;;. The second-order valence-corrected chi connectivity index (χ2v) is 14.5. The Hall–Kier alpha value is -4.44. The van der Waals surface area contributed by atoms with Gasteiger partial charge in [-0.15, -0.1) is 0 Å². The number of hydrogen-bond acceptors (Lipinski definition) is 10. The van der Waals surface area contributed by atoms with E-state index in [2.05, 4.69) is 20.7 Å². The molecule has 2 aliphatic heterocycles. The van der Waals surface area contributed by atoms with Crippen LogP contribution in [-0.4, -0.2) is 54.2 Å². The summed E-state index contributed by atoms with van der Waals surface area (Å²) in [5, 5.41) is 2.43. The third-order valence-electron chi connectivity index (χ3n) is 7.64. The summed E-state index contributed by atoms with van der Waals surface area (Å²) in [7, 11) is 5.32. The molecule has 4 heterocycles. The maximum absolute atomic E-state index is 14.7. The van der Waals surface area contributed by atoms with Crippen LogP contribution in [0.25, 0.3) is 11.4 Å². The first kappa shape index (κ1) is 39.8. The van der Waals surface area contributed by atoms with Crippen LogP contribution in [0.5, 0.6) is 11.5 Å². The summed E-state index contributed by atoms with van der Waals surface area (Å²) in [6, 6.07) is 3.53. The van der Waals surface area contributed by atoms with Gasteiger partial charge in [-0.25, -0.2) is 0 Å². The van der Waals surface area contributed by atoms with E-state index in [0.29, 0.717) is 60.0 Å². The van der Waals surface area contributed by atoms with Crippen molar-refractivity contribution in [3.63, 3.8) is 0 Å². The van der Waals surface area contributed by atoms with E-state index in [0.717, 1.165) is 35.3 Å². The van der Waals surface area contributed by atoms with Gasteiger partial charge in [0.2, 0.25) is 0 Å². The molecular formula is C29H20F6N8O6S2W2. The molecule has 0 unspecified atom stereocenters. The van der Waals surface area contributed by atoms with E-state index in [9.17, 15) is 45.5 Å². The molecule has 2 aromatic heterocycles. The first-order valence-corrected chi connectivity index (χ1v) is 18.0. The number of fused-ring (bicyclic) bond motifs is 2. The Morgan fingerprint density at radius 3 is 1.58 bits per heavy atom. The van der Waals surface area contributed by atoms with Gasteiger partial charge in [0.05, 0.1) is 0 Å². The van der Waals surface area contributed by atoms with Gasteiger partial charge in [0.25, 0.3) is 0 Å². The predicted molar refractivity (Wildman–Crippen MR) is 175 cm³/mol. The normalized spacial score (nSPS) is 15.2. The van der Waals surface area contributed by atoms with Crippen LogP contribution in [0.15, 0.2) is 43.4 Å². The minimum absolute atomic E-state index is 0.0179. The van der Waals surface area contributed by atoms with Crippen molar-refractivity contribution in [2.24, 2.45) is 28.2 Å². The van der Waals surface area contributed by atoms with Crippen molar-refractivity contribution in [2.45, 2.75) is 12.2 Å². The molecule has 1 N–H and O–H groups in total. The molecule has 0 saturated heterocycles. The van der Waals surface area contributed by atoms with Crippen LogP contribution in [-0.2, 0) is 66.9 Å². The van der Waals surface area contributed by atoms with Crippen LogP contribution in [0.1, 0.15) is 0 Å². The molecule has 0 saturated carbocycles. The SMILES string of the molecule is C#CCN1[C](=[W])C(F)(F)Oc2cc(F)c(-n3c(=O)n(C)c(=S)n(C)c3=O)cc21.Cn1c(=S)n(C)c(=O)n(-c2cc3c(cc2F)OC(F)(F)[C](=[W])N3)c1=O. The van der Waals surface area contributed by atoms with E-state index >= 15 is 0 Å². The first-order chi connectivity index (χ1) is 24.5. The zero-order valence-corrected chi connectivity index (χ0v) is 34.6. The van der Waals surface area contributed by atoms with Crippen LogP contribution < -0.4 is 42.4 Å². The molecule has 53 heavy (non-hydrogen) atoms. The summed E-state index contributed by atoms with van der Waals surface area (Å²) in [6.07, 6.45) is -1.95. The van der Waals surface area contributed by atoms with Crippen LogP contribution in [0, 0.1) is 33.5 Å². The van der Waals surface area contributed by atoms with Crippen molar-refractivity contribution in [3.05, 3.63) is 87.4 Å². The van der Waals surface area contributed by atoms with Crippen molar-refractivity contribution in [2.75, 3.05) is 16.8 Å². The number of nitrogens with zero attached hydrogens (tertiary/aromatic N) is 7. The number of terminal acetylenes is 1. The average molecular weight is 1120 g/mol. The summed E-state index contributed by atoms with van der Waals surface area (Å²) in [5.41, 5.74) is -4.29. The predicted octanol–water partition coefficient (Wildman–Crippen LogP) is 1.66. The molecule has 2 aromatic carbocycles. The Morgan fingerprint density at radius 1 is 0.717 bits per heavy atom. The Labute approximate surface area is 323 Å². The number of aromatic nitrogens is 6. The Bertz CT molecular complexity index is 2630. The van der Waals surface area contributed by atoms with Gasteiger partial charge in [-0.05, 0) is 0 Å². The van der Waals surface area contributed by atoms with Gasteiger partial charge in [-0.1, -0.05) is 0 Å². The number of nitrogens with one attached hydrogen (secondary N) is 1. The molecule has 0 amide bonds. The summed E-state index contributed by atoms with van der Waals surface area (Å²) < 4.78 is 97.7. The molecule has 6 rings (SSSR count). The average Bonchev–Trinajstić information content (AvgIpc) is 3.08. The van der Waals surface area contributed by atoms with E-state index in [1.54, 1.807) is 0 Å². The van der Waals surface area contributed by atoms with Crippen molar-refractivity contribution >= 4 is 43.9 Å². The fourth-order valence-electron chi connectivity index (χ4n) is 4.92. The van der Waals surface area contributed by atoms with E-state index in [1.807, 2.05) is 0 Å². The number of anilines is 2. The zero-order chi connectivity index (χ0) is 39.6. The van der Waals surface area contributed by atoms with E-state index < -0.39 is 77.5 Å². The molecule has 2 aliphatic rings. The Kier molecular flexibility index (Phi) is 10.6. The number of benzene rings is 2. The molecule has 0 aliphatic carbocycles. The molecule has 4 aromatic rings. The molecule has 14 nitrogen and oxygen atoms in total. The number of ether oxygens (including phenoxy) is 2. The molecule has 0 fully saturated rings. The topological polar surface area (TPSA) is 132 Å². The number of halogens is 6. The Morgan fingerprint density at radius 2 is 1.13 bits per heavy atom. The van der Waals surface area contributed by atoms with E-state index in [4.69, 9.17) is 30.9 Å². The van der Waals surface area contributed by atoms with Crippen LogP contribution in [0.3, 0.4) is 0 Å². The van der Waals surface area contributed by atoms with E-state index in [-0.39, 0.29) is 27.5 Å². The third kappa shape index (κ3) is 6.79. The van der Waals surface area contributed by atoms with Crippen LogP contribution >= 0.6 is 24.4 Å². The minimum atomic E-state index is -3.66. The third-order valence-corrected chi connectivity index (χ3v) is 11.6. The molecule has 0 spiro atoms. The van der Waals surface area contributed by atoms with Crippen LogP contribution in [0.2, 0.25) is 0 Å². The second kappa shape index (κ2) is 14.1. The van der Waals surface area contributed by atoms with Gasteiger partial charge in [0.15, 0.2) is 0 Å². The molecular weight excluding hydrogens is 1100 g/mol. The summed E-state index contributed by atoms with van der Waals surface area (Å²) >= 11 is 10.8. The summed E-state index contributed by atoms with van der Waals surface area (Å²) in [5.74, 6) is -0.800. The van der Waals surface area contributed by atoms with Gasteiger partial charge in [0.1, 0.15) is 0 Å². The van der Waals surface area contributed by atoms with Gasteiger partial charge in [-0.3, -0.25) is 0 Å². The quantitative estimate of drug-likeness (QED) is 0.184. The number of hydrogen-bond donors (Lipinski definition) is 1. The van der Waals surface area contributed by atoms with Crippen molar-refractivity contribution < 1.29 is 74.5 Å². The molecule has 0 bridgehead atoms. The maximum atomic E-state index is 14.7. The fraction of sp³-hybridized carbons (Fsp3) is 0.241. The molecule has 0 atom stereocenters. The second-order valence-electron chi connectivity index (χ2n) is 11.0. The fourth-order valence-corrected chi connectivity index (χ4v) is 6.51. The molecule has 24 heteroatoms. The van der Waals surface area contributed by atoms with Crippen molar-refractivity contribution in [1.29, 1.82) is 0 Å². The van der Waals surface area contributed by atoms with Crippen molar-refractivity contribution in [1.82, 2.24) is 27.4 Å². The van der Waals surface area contributed by atoms with E-state index in [1.165, 1.54) is 28.2 Å². The number of rotatable bonds is 3. The van der Waals surface area contributed by atoms with Gasteiger partial charge < -0.3 is 0 Å². The van der Waals surface area contributed by atoms with Crippen LogP contribution in [0.4, 0.5) is 37.7 Å². The first-order valence-electron chi connectivity index (χ1n) is 14.2. The molecule has 278 valence electrons. The Balaban J connectivity index is 0.000000206. The van der Waals surface area contributed by atoms with Gasteiger partial charge >= 0.3 is 326 Å². The number of alkyl halides is 4. The van der Waals surface area contributed by atoms with Gasteiger partial charge in [0, 0.05) is 0 Å². The monoisotopic (exact) mass is 1120 g/mol. The van der Waals surface area contributed by atoms with Gasteiger partial charge in [-0.2, -0.15) is 0 Å². The summed E-state index contributed by atoms with van der Waals surface area (Å²) in [6.45, 7) is -0.234. The van der Waals surface area contributed by atoms with Crippen molar-refractivity contribution in [3.8, 4) is 35.2 Å². The molecule has 0 radical (unpaired) electrons. The summed E-state index contributed by atoms with van der Waals surface area (Å²) in [4.78, 5) is 50.9.